The molecule has 0 atom stereocenters. The van der Waals surface area contributed by atoms with Crippen LogP contribution in [0.3, 0.4) is 0 Å². The Bertz CT molecular complexity index is 818. The Balaban J connectivity index is 2.61. The van der Waals surface area contributed by atoms with Crippen LogP contribution in [-0.4, -0.2) is 58.0 Å². The van der Waals surface area contributed by atoms with Crippen molar-refractivity contribution < 1.29 is 28.7 Å². The number of rotatable bonds is 16. The van der Waals surface area contributed by atoms with E-state index in [0.717, 1.165) is 0 Å². The summed E-state index contributed by atoms with van der Waals surface area (Å²) in [6, 6.07) is 7.07. The number of benzene rings is 1. The molecule has 10 heteroatoms. The molecule has 1 rings (SSSR count). The number of anilines is 2. The van der Waals surface area contributed by atoms with E-state index in [1.807, 2.05) is 27.7 Å². The molecule has 202 valence electrons. The summed E-state index contributed by atoms with van der Waals surface area (Å²) in [6.07, 6.45) is 1.09. The lowest BCUT2D eigenvalue weighted by Crippen LogP contribution is -2.27. The van der Waals surface area contributed by atoms with Gasteiger partial charge in [0.15, 0.2) is 0 Å². The summed E-state index contributed by atoms with van der Waals surface area (Å²) in [7, 11) is 0. The SMILES string of the molecule is CCOC(=O)CCSC(C)(C)CC(=O)Nc1ccccc1NC(=O)CC(C)(C)SCCC(=O)OCC. The number of thioether (sulfide) groups is 2. The fourth-order valence-electron chi connectivity index (χ4n) is 3.25. The molecule has 0 saturated carbocycles. The first-order valence-electron chi connectivity index (χ1n) is 12.2. The molecule has 0 fully saturated rings. The third-order valence-electron chi connectivity index (χ3n) is 4.86. The number of amides is 2. The summed E-state index contributed by atoms with van der Waals surface area (Å²) in [5.41, 5.74) is 1.05. The smallest absolute Gasteiger partial charge is 0.306 e. The molecule has 0 aromatic heterocycles. The topological polar surface area (TPSA) is 111 Å². The van der Waals surface area contributed by atoms with Gasteiger partial charge in [-0.1, -0.05) is 39.8 Å². The molecule has 0 saturated heterocycles. The molecule has 1 aromatic rings. The standard InChI is InChI=1S/C26H40N2O6S2/c1-7-33-23(31)13-15-35-25(3,4)17-21(29)27-19-11-9-10-12-20(19)28-22(30)18-26(5,6)36-16-14-24(32)34-8-2/h9-12H,7-8,13-18H2,1-6H3,(H,27,29)(H,28,30). The van der Waals surface area contributed by atoms with Gasteiger partial charge < -0.3 is 20.1 Å². The first kappa shape index (κ1) is 31.8. The lowest BCUT2D eigenvalue weighted by molar-refractivity contribution is -0.143. The van der Waals surface area contributed by atoms with Gasteiger partial charge in [-0.3, -0.25) is 19.2 Å². The van der Waals surface area contributed by atoms with Gasteiger partial charge in [-0.25, -0.2) is 0 Å². The zero-order valence-electron chi connectivity index (χ0n) is 22.2. The molecular formula is C26H40N2O6S2. The number of carbonyl (C=O) groups excluding carboxylic acids is 4. The number of esters is 2. The highest BCUT2D eigenvalue weighted by atomic mass is 32.2. The number of ether oxygens (including phenoxy) is 2. The van der Waals surface area contributed by atoms with E-state index in [1.165, 1.54) is 0 Å². The van der Waals surface area contributed by atoms with Crippen LogP contribution in [0, 0.1) is 0 Å². The van der Waals surface area contributed by atoms with E-state index in [0.29, 0.717) is 48.9 Å². The Hall–Kier alpha value is -2.20. The fraction of sp³-hybridized carbons (Fsp3) is 0.615. The van der Waals surface area contributed by atoms with Gasteiger partial charge in [-0.2, -0.15) is 23.5 Å². The van der Waals surface area contributed by atoms with Crippen LogP contribution in [0.1, 0.15) is 67.2 Å². The van der Waals surface area contributed by atoms with E-state index in [9.17, 15) is 19.2 Å². The second kappa shape index (κ2) is 15.8. The number of hydrogen-bond acceptors (Lipinski definition) is 8. The third-order valence-corrected chi connectivity index (χ3v) is 7.52. The highest BCUT2D eigenvalue weighted by molar-refractivity contribution is 8.00. The van der Waals surface area contributed by atoms with Crippen LogP contribution >= 0.6 is 23.5 Å². The average molecular weight is 541 g/mol. The largest absolute Gasteiger partial charge is 0.466 e. The number of carbonyl (C=O) groups is 4. The number of hydrogen-bond donors (Lipinski definition) is 2. The molecule has 1 aromatic carbocycles. The molecule has 0 spiro atoms. The van der Waals surface area contributed by atoms with Crippen molar-refractivity contribution >= 4 is 58.7 Å². The van der Waals surface area contributed by atoms with E-state index in [4.69, 9.17) is 9.47 Å². The lowest BCUT2D eigenvalue weighted by atomic mass is 10.1. The molecule has 2 amide bonds. The van der Waals surface area contributed by atoms with Crippen molar-refractivity contribution in [3.8, 4) is 0 Å². The van der Waals surface area contributed by atoms with Crippen molar-refractivity contribution in [3.05, 3.63) is 24.3 Å². The Labute approximate surface area is 223 Å². The molecule has 0 bridgehead atoms. The van der Waals surface area contributed by atoms with Crippen molar-refractivity contribution in [2.45, 2.75) is 76.7 Å². The minimum absolute atomic E-state index is 0.180. The van der Waals surface area contributed by atoms with Gasteiger partial charge in [0.05, 0.1) is 37.4 Å². The number of nitrogens with one attached hydrogen (secondary N) is 2. The number of para-hydroxylation sites is 2. The van der Waals surface area contributed by atoms with Gasteiger partial charge in [-0.15, -0.1) is 0 Å². The summed E-state index contributed by atoms with van der Waals surface area (Å²) >= 11 is 3.08. The van der Waals surface area contributed by atoms with E-state index in [1.54, 1.807) is 61.6 Å². The average Bonchev–Trinajstić information content (AvgIpc) is 2.74. The summed E-state index contributed by atoms with van der Waals surface area (Å²) in [5, 5.41) is 5.80. The molecule has 0 aliphatic rings. The van der Waals surface area contributed by atoms with Crippen LogP contribution in [0.5, 0.6) is 0 Å². The molecule has 36 heavy (non-hydrogen) atoms. The molecule has 0 unspecified atom stereocenters. The summed E-state index contributed by atoms with van der Waals surface area (Å²) < 4.78 is 9.14. The monoisotopic (exact) mass is 540 g/mol. The molecule has 0 aliphatic carbocycles. The first-order chi connectivity index (χ1) is 16.9. The van der Waals surface area contributed by atoms with Gasteiger partial charge in [0.2, 0.25) is 11.8 Å². The zero-order chi connectivity index (χ0) is 27.2. The van der Waals surface area contributed by atoms with E-state index in [-0.39, 0.29) is 46.1 Å². The second-order valence-electron chi connectivity index (χ2n) is 9.32. The van der Waals surface area contributed by atoms with Crippen LogP contribution in [0.25, 0.3) is 0 Å². The molecule has 0 heterocycles. The van der Waals surface area contributed by atoms with Crippen LogP contribution in [0.15, 0.2) is 24.3 Å². The normalized spacial score (nSPS) is 11.5. The van der Waals surface area contributed by atoms with Gasteiger partial charge in [-0.05, 0) is 26.0 Å². The Morgan fingerprint density at radius 3 is 1.42 bits per heavy atom. The van der Waals surface area contributed by atoms with Crippen molar-refractivity contribution in [3.63, 3.8) is 0 Å². The van der Waals surface area contributed by atoms with Gasteiger partial charge in [0.25, 0.3) is 0 Å². The van der Waals surface area contributed by atoms with Crippen molar-refractivity contribution in [1.29, 1.82) is 0 Å². The molecular weight excluding hydrogens is 500 g/mol. The molecule has 8 nitrogen and oxygen atoms in total. The Kier molecular flexibility index (Phi) is 14.0. The maximum Gasteiger partial charge on any atom is 0.306 e. The summed E-state index contributed by atoms with van der Waals surface area (Å²) in [5.74, 6) is 0.296. The van der Waals surface area contributed by atoms with Gasteiger partial charge in [0, 0.05) is 33.8 Å². The molecule has 0 aliphatic heterocycles. The van der Waals surface area contributed by atoms with Crippen molar-refractivity contribution in [2.75, 3.05) is 35.4 Å². The van der Waals surface area contributed by atoms with Crippen LogP contribution < -0.4 is 10.6 Å². The van der Waals surface area contributed by atoms with E-state index < -0.39 is 0 Å². The third kappa shape index (κ3) is 13.8. The van der Waals surface area contributed by atoms with Gasteiger partial charge in [0.1, 0.15) is 0 Å². The quantitative estimate of drug-likeness (QED) is 0.273. The van der Waals surface area contributed by atoms with Crippen molar-refractivity contribution in [1.82, 2.24) is 0 Å². The van der Waals surface area contributed by atoms with Crippen LogP contribution in [0.4, 0.5) is 11.4 Å². The minimum Gasteiger partial charge on any atom is -0.466 e. The highest BCUT2D eigenvalue weighted by Crippen LogP contribution is 2.31. The Morgan fingerprint density at radius 2 is 1.08 bits per heavy atom. The van der Waals surface area contributed by atoms with Crippen molar-refractivity contribution in [2.24, 2.45) is 0 Å². The maximum absolute atomic E-state index is 12.7. The molecule has 2 N–H and O–H groups in total. The molecule has 0 radical (unpaired) electrons. The fourth-order valence-corrected chi connectivity index (χ4v) is 5.36. The summed E-state index contributed by atoms with van der Waals surface area (Å²) in [4.78, 5) is 48.6. The van der Waals surface area contributed by atoms with Crippen LogP contribution in [-0.2, 0) is 28.7 Å². The maximum atomic E-state index is 12.7. The predicted molar refractivity (Wildman–Crippen MR) is 149 cm³/mol. The lowest BCUT2D eigenvalue weighted by Gasteiger charge is -2.24. The first-order valence-corrected chi connectivity index (χ1v) is 14.1. The van der Waals surface area contributed by atoms with Gasteiger partial charge >= 0.3 is 11.9 Å². The second-order valence-corrected chi connectivity index (χ2v) is 12.9. The highest BCUT2D eigenvalue weighted by Gasteiger charge is 2.25. The summed E-state index contributed by atoms with van der Waals surface area (Å²) in [6.45, 7) is 12.1. The zero-order valence-corrected chi connectivity index (χ0v) is 23.9. The van der Waals surface area contributed by atoms with E-state index >= 15 is 0 Å². The Morgan fingerprint density at radius 1 is 0.722 bits per heavy atom. The van der Waals surface area contributed by atoms with Crippen LogP contribution in [0.2, 0.25) is 0 Å². The predicted octanol–water partition coefficient (Wildman–Crippen LogP) is 5.27. The minimum atomic E-state index is -0.375. The van der Waals surface area contributed by atoms with E-state index in [2.05, 4.69) is 10.6 Å².